The van der Waals surface area contributed by atoms with Gasteiger partial charge in [-0.05, 0) is 12.1 Å². The molecule has 0 aliphatic carbocycles. The van der Waals surface area contributed by atoms with Gasteiger partial charge in [-0.2, -0.15) is 0 Å². The summed E-state index contributed by atoms with van der Waals surface area (Å²) in [7, 11) is 1.37. The van der Waals surface area contributed by atoms with Crippen LogP contribution in [0.5, 0.6) is 0 Å². The van der Waals surface area contributed by atoms with Crippen LogP contribution in [0, 0.1) is 0 Å². The Hall–Kier alpha value is -0.880. The quantitative estimate of drug-likeness (QED) is 0.848. The lowest BCUT2D eigenvalue weighted by molar-refractivity contribution is 0.0600. The van der Waals surface area contributed by atoms with Crippen LogP contribution in [0.3, 0.4) is 0 Å². The minimum absolute atomic E-state index is 0. The zero-order valence-electron chi connectivity index (χ0n) is 10.8. The second-order valence-electron chi connectivity index (χ2n) is 4.06. The van der Waals surface area contributed by atoms with Crippen molar-refractivity contribution in [2.45, 2.75) is 6.54 Å². The number of rotatable bonds is 3. The number of aromatic nitrogens is 1. The van der Waals surface area contributed by atoms with Crippen LogP contribution in [-0.4, -0.2) is 49.1 Å². The molecule has 0 amide bonds. The van der Waals surface area contributed by atoms with Crippen LogP contribution in [0.4, 0.5) is 0 Å². The average Bonchev–Trinajstić information content (AvgIpc) is 2.40. The highest BCUT2D eigenvalue weighted by Gasteiger charge is 2.11. The lowest BCUT2D eigenvalue weighted by Crippen LogP contribution is -2.43. The molecule has 1 aliphatic heterocycles. The smallest absolute Gasteiger partial charge is 0.339 e. The van der Waals surface area contributed by atoms with Gasteiger partial charge >= 0.3 is 5.97 Å². The fourth-order valence-electron chi connectivity index (χ4n) is 1.85. The van der Waals surface area contributed by atoms with Gasteiger partial charge in [0.25, 0.3) is 0 Å². The number of hydrogen-bond donors (Lipinski definition) is 1. The molecular formula is C12H19Cl2N3O2. The Balaban J connectivity index is 0.00000162. The average molecular weight is 308 g/mol. The standard InChI is InChI=1S/C12H17N3O2.2ClH/c1-17-12(16)10-2-3-11(14-8-10)9-15-6-4-13-5-7-15;;/h2-3,8,13H,4-7,9H2,1H3;2*1H. The fraction of sp³-hybridized carbons (Fsp3) is 0.500. The molecule has 5 nitrogen and oxygen atoms in total. The van der Waals surface area contributed by atoms with Crippen molar-refractivity contribution in [3.63, 3.8) is 0 Å². The van der Waals surface area contributed by atoms with E-state index in [2.05, 4.69) is 19.9 Å². The number of nitrogens with zero attached hydrogens (tertiary/aromatic N) is 2. The van der Waals surface area contributed by atoms with E-state index in [-0.39, 0.29) is 30.8 Å². The second kappa shape index (κ2) is 9.09. The molecule has 1 N–H and O–H groups in total. The third kappa shape index (κ3) is 5.32. The van der Waals surface area contributed by atoms with Crippen molar-refractivity contribution in [1.29, 1.82) is 0 Å². The molecule has 19 heavy (non-hydrogen) atoms. The molecule has 0 spiro atoms. The molecule has 0 aromatic carbocycles. The number of nitrogens with one attached hydrogen (secondary N) is 1. The molecule has 1 aromatic heterocycles. The van der Waals surface area contributed by atoms with Crippen LogP contribution in [0.1, 0.15) is 16.1 Å². The highest BCUT2D eigenvalue weighted by Crippen LogP contribution is 2.05. The monoisotopic (exact) mass is 307 g/mol. The number of piperazine rings is 1. The van der Waals surface area contributed by atoms with Crippen LogP contribution in [0.2, 0.25) is 0 Å². The van der Waals surface area contributed by atoms with Crippen molar-refractivity contribution in [2.75, 3.05) is 33.3 Å². The van der Waals surface area contributed by atoms with Gasteiger partial charge in [-0.15, -0.1) is 24.8 Å². The summed E-state index contributed by atoms with van der Waals surface area (Å²) in [4.78, 5) is 17.9. The van der Waals surface area contributed by atoms with Gasteiger partial charge in [0, 0.05) is 38.9 Å². The van der Waals surface area contributed by atoms with Gasteiger partial charge in [0.05, 0.1) is 18.4 Å². The molecule has 0 atom stereocenters. The van der Waals surface area contributed by atoms with Crippen molar-refractivity contribution >= 4 is 30.8 Å². The number of ether oxygens (including phenoxy) is 1. The second-order valence-corrected chi connectivity index (χ2v) is 4.06. The normalized spacial score (nSPS) is 15.0. The molecule has 7 heteroatoms. The van der Waals surface area contributed by atoms with Crippen LogP contribution in [0.25, 0.3) is 0 Å². The van der Waals surface area contributed by atoms with Gasteiger partial charge in [0.1, 0.15) is 0 Å². The lowest BCUT2D eigenvalue weighted by Gasteiger charge is -2.26. The van der Waals surface area contributed by atoms with E-state index in [1.165, 1.54) is 7.11 Å². The van der Waals surface area contributed by atoms with E-state index in [1.54, 1.807) is 12.3 Å². The molecule has 1 saturated heterocycles. The molecule has 0 bridgehead atoms. The molecular weight excluding hydrogens is 289 g/mol. The first-order valence-corrected chi connectivity index (χ1v) is 5.76. The highest BCUT2D eigenvalue weighted by atomic mass is 35.5. The maximum Gasteiger partial charge on any atom is 0.339 e. The van der Waals surface area contributed by atoms with Crippen molar-refractivity contribution < 1.29 is 9.53 Å². The van der Waals surface area contributed by atoms with Crippen molar-refractivity contribution in [1.82, 2.24) is 15.2 Å². The largest absolute Gasteiger partial charge is 0.465 e. The molecule has 1 fully saturated rings. The molecule has 0 radical (unpaired) electrons. The molecule has 2 heterocycles. The minimum Gasteiger partial charge on any atom is -0.465 e. The van der Waals surface area contributed by atoms with Crippen LogP contribution in [-0.2, 0) is 11.3 Å². The number of carbonyl (C=O) groups is 1. The summed E-state index contributed by atoms with van der Waals surface area (Å²) in [6.07, 6.45) is 1.57. The van der Waals surface area contributed by atoms with E-state index in [9.17, 15) is 4.79 Å². The number of methoxy groups -OCH3 is 1. The maximum atomic E-state index is 11.2. The third-order valence-electron chi connectivity index (χ3n) is 2.84. The third-order valence-corrected chi connectivity index (χ3v) is 2.84. The minimum atomic E-state index is -0.341. The predicted octanol–water partition coefficient (Wildman–Crippen LogP) is 1.12. The summed E-state index contributed by atoms with van der Waals surface area (Å²) >= 11 is 0. The van der Waals surface area contributed by atoms with Gasteiger partial charge in [-0.25, -0.2) is 4.79 Å². The first-order chi connectivity index (χ1) is 8.29. The number of esters is 1. The Labute approximate surface area is 125 Å². The van der Waals surface area contributed by atoms with Crippen LogP contribution < -0.4 is 5.32 Å². The highest BCUT2D eigenvalue weighted by molar-refractivity contribution is 5.88. The van der Waals surface area contributed by atoms with Crippen LogP contribution in [0.15, 0.2) is 18.3 Å². The summed E-state index contributed by atoms with van der Waals surface area (Å²) in [5.74, 6) is -0.341. The molecule has 0 saturated carbocycles. The lowest BCUT2D eigenvalue weighted by atomic mass is 10.2. The summed E-state index contributed by atoms with van der Waals surface area (Å²) in [5.41, 5.74) is 1.48. The number of pyridine rings is 1. The Kier molecular flexibility index (Phi) is 8.67. The Morgan fingerprint density at radius 3 is 2.58 bits per heavy atom. The van der Waals surface area contributed by atoms with Crippen molar-refractivity contribution in [2.24, 2.45) is 0 Å². The van der Waals surface area contributed by atoms with E-state index in [1.807, 2.05) is 6.07 Å². The fourth-order valence-corrected chi connectivity index (χ4v) is 1.85. The van der Waals surface area contributed by atoms with Gasteiger partial charge in [-0.1, -0.05) is 0 Å². The summed E-state index contributed by atoms with van der Waals surface area (Å²) in [6, 6.07) is 3.64. The van der Waals surface area contributed by atoms with Crippen molar-refractivity contribution in [3.05, 3.63) is 29.6 Å². The molecule has 1 aliphatic rings. The molecule has 108 valence electrons. The van der Waals surface area contributed by atoms with E-state index >= 15 is 0 Å². The zero-order chi connectivity index (χ0) is 12.1. The Bertz CT molecular complexity index is 381. The Morgan fingerprint density at radius 1 is 1.37 bits per heavy atom. The molecule has 0 unspecified atom stereocenters. The van der Waals surface area contributed by atoms with E-state index in [0.717, 1.165) is 38.4 Å². The van der Waals surface area contributed by atoms with Gasteiger partial charge < -0.3 is 10.1 Å². The maximum absolute atomic E-state index is 11.2. The topological polar surface area (TPSA) is 54.5 Å². The number of hydrogen-bond acceptors (Lipinski definition) is 5. The van der Waals surface area contributed by atoms with E-state index < -0.39 is 0 Å². The van der Waals surface area contributed by atoms with Gasteiger partial charge in [0.15, 0.2) is 0 Å². The first-order valence-electron chi connectivity index (χ1n) is 5.76. The van der Waals surface area contributed by atoms with Crippen LogP contribution >= 0.6 is 24.8 Å². The van der Waals surface area contributed by atoms with E-state index in [4.69, 9.17) is 0 Å². The Morgan fingerprint density at radius 2 is 2.05 bits per heavy atom. The number of halogens is 2. The summed E-state index contributed by atoms with van der Waals surface area (Å²) in [5, 5.41) is 3.31. The summed E-state index contributed by atoms with van der Waals surface area (Å²) < 4.78 is 4.63. The van der Waals surface area contributed by atoms with Gasteiger partial charge in [-0.3, -0.25) is 9.88 Å². The summed E-state index contributed by atoms with van der Waals surface area (Å²) in [6.45, 7) is 4.98. The SMILES string of the molecule is COC(=O)c1ccc(CN2CCNCC2)nc1.Cl.Cl. The zero-order valence-corrected chi connectivity index (χ0v) is 12.4. The van der Waals surface area contributed by atoms with E-state index in [0.29, 0.717) is 5.56 Å². The number of carbonyl (C=O) groups excluding carboxylic acids is 1. The molecule has 1 aromatic rings. The predicted molar refractivity (Wildman–Crippen MR) is 78.2 cm³/mol. The molecule has 2 rings (SSSR count). The van der Waals surface area contributed by atoms with Crippen molar-refractivity contribution in [3.8, 4) is 0 Å². The van der Waals surface area contributed by atoms with Gasteiger partial charge in [0.2, 0.25) is 0 Å². The first kappa shape index (κ1) is 18.1.